The van der Waals surface area contributed by atoms with Crippen LogP contribution in [0.15, 0.2) is 249 Å². The van der Waals surface area contributed by atoms with E-state index in [-0.39, 0.29) is 98.1 Å². The smallest absolute Gasteiger partial charge is 0.0707 e. The summed E-state index contributed by atoms with van der Waals surface area (Å²) in [7, 11) is 4.25. The van der Waals surface area contributed by atoms with Gasteiger partial charge in [-0.05, 0) is 106 Å². The number of aryl methyl sites for hydroxylation is 14. The van der Waals surface area contributed by atoms with Crippen LogP contribution >= 0.6 is 0 Å². The molecule has 0 atom stereocenters. The molecular weight excluding hydrogens is 1670 g/mol. The molecule has 0 N–H and O–H groups in total. The van der Waals surface area contributed by atoms with Crippen molar-refractivity contribution >= 4 is 54.5 Å². The molecule has 3 heterocycles. The molecule has 0 bridgehead atoms. The summed E-state index contributed by atoms with van der Waals surface area (Å²) in [5.41, 5.74) is 28.1. The number of hydrogen-bond acceptors (Lipinski definition) is 1. The topological polar surface area (TPSA) is 22.8 Å². The predicted molar refractivity (Wildman–Crippen MR) is 531 cm³/mol. The quantitative estimate of drug-likeness (QED) is 0.162. The van der Waals surface area contributed by atoms with Crippen LogP contribution in [0.5, 0.6) is 0 Å². The summed E-state index contributed by atoms with van der Waals surface area (Å²) in [6, 6.07) is 106. The normalized spacial score (nSPS) is 8.72. The van der Waals surface area contributed by atoms with Gasteiger partial charge in [0, 0.05) is 167 Å². The minimum Gasteiger partial charge on any atom is -0.344 e. The van der Waals surface area contributed by atoms with E-state index in [2.05, 4.69) is 353 Å². The van der Waals surface area contributed by atoms with Gasteiger partial charge in [0.2, 0.25) is 0 Å². The molecule has 12 aromatic carbocycles. The second kappa shape index (κ2) is 78.2. The third kappa shape index (κ3) is 45.1. The van der Waals surface area contributed by atoms with Gasteiger partial charge in [0.25, 0.3) is 0 Å². The van der Waals surface area contributed by atoms with Gasteiger partial charge in [-0.15, -0.1) is 57.6 Å². The molecule has 0 spiro atoms. The van der Waals surface area contributed by atoms with Gasteiger partial charge in [-0.1, -0.05) is 310 Å². The van der Waals surface area contributed by atoms with Crippen molar-refractivity contribution in [3.8, 4) is 33.4 Å². The van der Waals surface area contributed by atoms with Crippen LogP contribution < -0.4 is 0 Å². The zero-order chi connectivity index (χ0) is 89.3. The van der Waals surface area contributed by atoms with Gasteiger partial charge >= 0.3 is 0 Å². The summed E-state index contributed by atoms with van der Waals surface area (Å²) in [5.74, 6) is 0. The summed E-state index contributed by atoms with van der Waals surface area (Å²) < 4.78 is 4.52. The van der Waals surface area contributed by atoms with Crippen LogP contribution in [0.4, 0.5) is 0 Å². The monoisotopic (exact) mass is 1820 g/mol. The molecule has 0 fully saturated rings. The molecule has 637 valence electrons. The number of nitrogens with zero attached hydrogens (tertiary/aromatic N) is 3. The van der Waals surface area contributed by atoms with Gasteiger partial charge in [0.05, 0.1) is 5.52 Å². The Bertz CT molecular complexity index is 4680. The Kier molecular flexibility index (Phi) is 82.3. The third-order valence-corrected chi connectivity index (χ3v) is 16.2. The average Bonchev–Trinajstić information content (AvgIpc) is 1.63. The molecule has 0 aliphatic carbocycles. The fourth-order valence-corrected chi connectivity index (χ4v) is 11.0. The molecule has 0 amide bonds. The number of hydrogen-bond donors (Lipinski definition) is 0. The SMILES string of the molecule is CC.CC.CC.CC.CC.CC.CC.CC.CC.CC.CC.CC.Cc1[c-]c(-c2[c-]c(C)ccc2)ccc1.Cc1c[c-]c(-c2[c-]cc(C)cc2)cc1.Cc1cc(C)c2ccccc2n1.Cc1cc[c-]c(-c2[c-]ccc(C)c2)c1.Cc1ccc2c(c1)c1ccccc1n2C.Cc1ccc2c3ccccc3n(C)c2c1.Cc1ccccc1C.[Y].[Y].[Y]. The maximum atomic E-state index is 4.44. The van der Waals surface area contributed by atoms with Crippen molar-refractivity contribution in [2.24, 2.45) is 14.1 Å². The maximum Gasteiger partial charge on any atom is 0.0707 e. The number of rotatable bonds is 3. The molecule has 0 aliphatic rings. The molecule has 15 rings (SSSR count). The Hall–Kier alpha value is -7.04. The number of benzene rings is 12. The van der Waals surface area contributed by atoms with Gasteiger partial charge < -0.3 is 9.13 Å². The van der Waals surface area contributed by atoms with Crippen LogP contribution in [-0.4, -0.2) is 14.1 Å². The molecular formula is C113H155N3Y3-6. The minimum absolute atomic E-state index is 0. The predicted octanol–water partition coefficient (Wildman–Crippen LogP) is 35.5. The van der Waals surface area contributed by atoms with Crippen LogP contribution in [0, 0.1) is 119 Å². The number of fused-ring (bicyclic) bond motifs is 7. The Morgan fingerprint density at radius 1 is 0.227 bits per heavy atom. The molecule has 3 aromatic heterocycles. The van der Waals surface area contributed by atoms with E-state index in [1.807, 2.05) is 209 Å². The third-order valence-electron chi connectivity index (χ3n) is 16.2. The van der Waals surface area contributed by atoms with Gasteiger partial charge in [-0.2, -0.15) is 121 Å². The van der Waals surface area contributed by atoms with Gasteiger partial charge in [0.15, 0.2) is 0 Å². The van der Waals surface area contributed by atoms with E-state index in [1.54, 1.807) is 0 Å². The van der Waals surface area contributed by atoms with Crippen molar-refractivity contribution in [1.29, 1.82) is 0 Å². The fourth-order valence-electron chi connectivity index (χ4n) is 11.0. The summed E-state index contributed by atoms with van der Waals surface area (Å²) in [6.45, 7) is 73.1. The summed E-state index contributed by atoms with van der Waals surface area (Å²) in [6.07, 6.45) is 0. The first-order chi connectivity index (χ1) is 56.4. The number of para-hydroxylation sites is 3. The van der Waals surface area contributed by atoms with Crippen molar-refractivity contribution in [2.45, 2.75) is 249 Å². The first-order valence-electron chi connectivity index (χ1n) is 43.5. The first kappa shape index (κ1) is 125. The van der Waals surface area contributed by atoms with E-state index in [9.17, 15) is 0 Å². The van der Waals surface area contributed by atoms with Gasteiger partial charge in [0.1, 0.15) is 0 Å². The molecule has 15 aromatic rings. The van der Waals surface area contributed by atoms with E-state index in [4.69, 9.17) is 0 Å². The molecule has 0 aliphatic heterocycles. The van der Waals surface area contributed by atoms with E-state index >= 15 is 0 Å². The van der Waals surface area contributed by atoms with E-state index < -0.39 is 0 Å². The largest absolute Gasteiger partial charge is 0.344 e. The molecule has 0 saturated carbocycles. The van der Waals surface area contributed by atoms with Gasteiger partial charge in [-0.25, -0.2) is 33.4 Å². The average molecular weight is 1820 g/mol. The second-order valence-electron chi connectivity index (χ2n) is 24.0. The maximum absolute atomic E-state index is 4.44. The van der Waals surface area contributed by atoms with Crippen LogP contribution in [0.3, 0.4) is 0 Å². The zero-order valence-electron chi connectivity index (χ0n) is 81.7. The zero-order valence-corrected chi connectivity index (χ0v) is 90.3. The Morgan fingerprint density at radius 3 is 0.941 bits per heavy atom. The van der Waals surface area contributed by atoms with E-state index in [1.165, 1.54) is 99.1 Å². The standard InChI is InChI=1S/2C14H13N.3C14H12.C11H11N.C8H10.12C2H6.3Y/c1-10-7-8-14-12(9-10)11-5-3-4-6-13(11)15(14)2;1-10-7-8-12-11-5-3-4-6-13(11)15(2)14(12)9-10;1-11-3-7-13(8-4-11)14-9-5-12(2)6-10-14;2*1-11-5-3-7-13(9-11)14-8-4-6-12(2)10-14;1-8-7-9(2)12-11-6-4-3-5-10(8)11;1-7-5-3-4-6-8(7)2;12*1-2;;;/h2*3-9H,1-2H3;3-7,9H,1-2H3;3-6,9-10H,1-2H3;3-8H,1-2H3;3-7H,1-2H3;3-6H,1-2H3;12*1-2H3;;;/q;;3*-2;;;;;;;;;;;;;;;;;. The summed E-state index contributed by atoms with van der Waals surface area (Å²) in [5, 5.41) is 6.64. The summed E-state index contributed by atoms with van der Waals surface area (Å²) >= 11 is 0. The van der Waals surface area contributed by atoms with E-state index in [0.29, 0.717) is 0 Å². The number of pyridine rings is 1. The molecule has 0 unspecified atom stereocenters. The first-order valence-corrected chi connectivity index (χ1v) is 43.5. The Labute approximate surface area is 807 Å². The summed E-state index contributed by atoms with van der Waals surface area (Å²) in [4.78, 5) is 4.44. The van der Waals surface area contributed by atoms with E-state index in [0.717, 1.165) is 55.7 Å². The van der Waals surface area contributed by atoms with Crippen molar-refractivity contribution in [1.82, 2.24) is 14.1 Å². The fraction of sp³-hybridized carbons (Fsp3) is 0.336. The molecule has 0 saturated heterocycles. The number of aromatic nitrogens is 3. The van der Waals surface area contributed by atoms with Crippen molar-refractivity contribution in [3.05, 3.63) is 352 Å². The van der Waals surface area contributed by atoms with Crippen LogP contribution in [0.1, 0.15) is 233 Å². The van der Waals surface area contributed by atoms with Crippen LogP contribution in [0.2, 0.25) is 0 Å². The molecule has 6 heteroatoms. The minimum atomic E-state index is 0. The molecule has 3 radical (unpaired) electrons. The van der Waals surface area contributed by atoms with Crippen molar-refractivity contribution in [3.63, 3.8) is 0 Å². The molecule has 3 nitrogen and oxygen atoms in total. The second-order valence-corrected chi connectivity index (χ2v) is 24.0. The Balaban J connectivity index is -0.000000236. The van der Waals surface area contributed by atoms with Crippen LogP contribution in [-0.2, 0) is 112 Å². The van der Waals surface area contributed by atoms with Crippen LogP contribution in [0.25, 0.3) is 87.9 Å². The van der Waals surface area contributed by atoms with Crippen molar-refractivity contribution in [2.75, 3.05) is 0 Å². The Morgan fingerprint density at radius 2 is 0.555 bits per heavy atom. The van der Waals surface area contributed by atoms with Crippen molar-refractivity contribution < 1.29 is 98.1 Å². The molecule has 119 heavy (non-hydrogen) atoms. The van der Waals surface area contributed by atoms with Gasteiger partial charge in [-0.3, -0.25) is 4.98 Å².